The van der Waals surface area contributed by atoms with E-state index in [-0.39, 0.29) is 11.8 Å². The third kappa shape index (κ3) is 13.4. The van der Waals surface area contributed by atoms with Crippen LogP contribution in [0.4, 0.5) is 0 Å². The molecule has 0 fully saturated rings. The molecule has 1 unspecified atom stereocenters. The molecule has 0 aliphatic heterocycles. The Hall–Kier alpha value is -1.93. The van der Waals surface area contributed by atoms with E-state index in [1.165, 1.54) is 94.5 Å². The van der Waals surface area contributed by atoms with Gasteiger partial charge in [-0.2, -0.15) is 4.98 Å². The Balaban J connectivity index is 1.33. The van der Waals surface area contributed by atoms with Crippen molar-refractivity contribution in [3.63, 3.8) is 0 Å². The smallest absolute Gasteiger partial charge is 0.352 e. The molecule has 8 heteroatoms. The lowest BCUT2D eigenvalue weighted by molar-refractivity contribution is 0.158. The van der Waals surface area contributed by atoms with Crippen molar-refractivity contribution in [2.45, 2.75) is 129 Å². The molecule has 2 aromatic rings. The van der Waals surface area contributed by atoms with E-state index < -0.39 is 0 Å². The molecule has 37 heavy (non-hydrogen) atoms. The van der Waals surface area contributed by atoms with Crippen LogP contribution in [0.25, 0.3) is 11.2 Å². The molecule has 2 aromatic heterocycles. The average Bonchev–Trinajstić information content (AvgIpc) is 3.39. The number of aliphatic hydroxyl groups excluding tert-OH is 1. The maximum Gasteiger partial charge on any atom is 0.352 e. The SMILES string of the molecule is CCCCCCCCCCCCNCC(O)CCCCCCCCCOc1nc(=O)n(C)c2nc[nH]c12. The Bertz CT molecular complexity index is 882. The molecule has 0 saturated heterocycles. The number of ether oxygens (including phenoxy) is 1. The molecule has 2 heterocycles. The second kappa shape index (κ2) is 20.1. The maximum atomic E-state index is 11.9. The third-order valence-corrected chi connectivity index (χ3v) is 7.14. The van der Waals surface area contributed by atoms with E-state index >= 15 is 0 Å². The second-order valence-corrected chi connectivity index (χ2v) is 10.5. The monoisotopic (exact) mass is 519 g/mol. The van der Waals surface area contributed by atoms with Gasteiger partial charge in [-0.15, -0.1) is 0 Å². The Morgan fingerprint density at radius 3 is 2.19 bits per heavy atom. The number of nitrogens with one attached hydrogen (secondary N) is 2. The van der Waals surface area contributed by atoms with Gasteiger partial charge in [0.1, 0.15) is 5.52 Å². The molecule has 1 atom stereocenters. The summed E-state index contributed by atoms with van der Waals surface area (Å²) in [6.45, 7) is 4.58. The zero-order chi connectivity index (χ0) is 26.6. The summed E-state index contributed by atoms with van der Waals surface area (Å²) in [5, 5.41) is 13.6. The molecule has 3 N–H and O–H groups in total. The number of aryl methyl sites for hydroxylation is 1. The van der Waals surface area contributed by atoms with Crippen LogP contribution in [0, 0.1) is 0 Å². The first-order valence-corrected chi connectivity index (χ1v) is 15.0. The lowest BCUT2D eigenvalue weighted by Gasteiger charge is -2.12. The van der Waals surface area contributed by atoms with Gasteiger partial charge in [0.2, 0.25) is 5.88 Å². The number of aliphatic hydroxyl groups is 1. The highest BCUT2D eigenvalue weighted by molar-refractivity contribution is 5.75. The van der Waals surface area contributed by atoms with Gasteiger partial charge in [0, 0.05) is 13.6 Å². The molecule has 212 valence electrons. The molecular weight excluding hydrogens is 466 g/mol. The second-order valence-electron chi connectivity index (χ2n) is 10.5. The van der Waals surface area contributed by atoms with Gasteiger partial charge in [-0.05, 0) is 25.8 Å². The normalized spacial score (nSPS) is 12.4. The van der Waals surface area contributed by atoms with Crippen LogP contribution < -0.4 is 15.7 Å². The number of fused-ring (bicyclic) bond motifs is 1. The minimum atomic E-state index is -0.357. The van der Waals surface area contributed by atoms with Crippen molar-refractivity contribution in [2.24, 2.45) is 7.05 Å². The number of aromatic nitrogens is 4. The van der Waals surface area contributed by atoms with Crippen LogP contribution in [0.15, 0.2) is 11.1 Å². The van der Waals surface area contributed by atoms with E-state index in [4.69, 9.17) is 4.74 Å². The molecule has 0 aliphatic rings. The zero-order valence-corrected chi connectivity index (χ0v) is 23.6. The summed E-state index contributed by atoms with van der Waals surface area (Å²) in [4.78, 5) is 23.0. The third-order valence-electron chi connectivity index (χ3n) is 7.14. The largest absolute Gasteiger partial charge is 0.476 e. The fourth-order valence-electron chi connectivity index (χ4n) is 4.75. The van der Waals surface area contributed by atoms with E-state index in [0.717, 1.165) is 38.8 Å². The average molecular weight is 520 g/mol. The van der Waals surface area contributed by atoms with E-state index in [9.17, 15) is 9.90 Å². The van der Waals surface area contributed by atoms with Crippen LogP contribution in [0.1, 0.15) is 122 Å². The molecule has 0 aliphatic carbocycles. The number of rotatable bonds is 24. The van der Waals surface area contributed by atoms with Crippen molar-refractivity contribution in [3.05, 3.63) is 16.8 Å². The van der Waals surface area contributed by atoms with Crippen molar-refractivity contribution in [1.82, 2.24) is 24.8 Å². The summed E-state index contributed by atoms with van der Waals surface area (Å²) >= 11 is 0. The van der Waals surface area contributed by atoms with Gasteiger partial charge >= 0.3 is 5.69 Å². The molecule has 0 saturated carbocycles. The highest BCUT2D eigenvalue weighted by atomic mass is 16.5. The number of nitrogens with zero attached hydrogens (tertiary/aromatic N) is 3. The van der Waals surface area contributed by atoms with Crippen molar-refractivity contribution in [1.29, 1.82) is 0 Å². The summed E-state index contributed by atoms with van der Waals surface area (Å²) in [6, 6.07) is 0. The predicted molar refractivity (Wildman–Crippen MR) is 152 cm³/mol. The lowest BCUT2D eigenvalue weighted by Crippen LogP contribution is -2.27. The first-order valence-electron chi connectivity index (χ1n) is 15.0. The molecule has 0 spiro atoms. The molecule has 0 bridgehead atoms. The van der Waals surface area contributed by atoms with E-state index in [1.54, 1.807) is 13.4 Å². The fourth-order valence-corrected chi connectivity index (χ4v) is 4.75. The molecule has 0 radical (unpaired) electrons. The van der Waals surface area contributed by atoms with Crippen LogP contribution in [-0.2, 0) is 7.05 Å². The summed E-state index contributed by atoms with van der Waals surface area (Å²) < 4.78 is 7.15. The predicted octanol–water partition coefficient (Wildman–Crippen LogP) is 6.03. The van der Waals surface area contributed by atoms with Crippen LogP contribution in [-0.4, -0.2) is 50.4 Å². The quantitative estimate of drug-likeness (QED) is 0.146. The number of aromatic amines is 1. The summed E-state index contributed by atoms with van der Waals surface area (Å²) in [5.41, 5.74) is 0.868. The van der Waals surface area contributed by atoms with Gasteiger partial charge in [-0.25, -0.2) is 9.78 Å². The Kier molecular flexibility index (Phi) is 17.0. The zero-order valence-electron chi connectivity index (χ0n) is 23.6. The molecule has 8 nitrogen and oxygen atoms in total. The molecule has 2 rings (SSSR count). The highest BCUT2D eigenvalue weighted by Gasteiger charge is 2.11. The van der Waals surface area contributed by atoms with Crippen molar-refractivity contribution >= 4 is 11.2 Å². The summed E-state index contributed by atoms with van der Waals surface area (Å²) in [5.74, 6) is 0.340. The summed E-state index contributed by atoms with van der Waals surface area (Å²) in [6.07, 6.45) is 23.8. The van der Waals surface area contributed by atoms with Gasteiger partial charge in [0.15, 0.2) is 5.65 Å². The Morgan fingerprint density at radius 1 is 0.919 bits per heavy atom. The minimum absolute atomic E-state index is 0.218. The van der Waals surface area contributed by atoms with Crippen LogP contribution >= 0.6 is 0 Å². The number of hydrogen-bond acceptors (Lipinski definition) is 6. The Labute approximate surface area is 224 Å². The van der Waals surface area contributed by atoms with Gasteiger partial charge in [-0.3, -0.25) is 4.57 Å². The van der Waals surface area contributed by atoms with E-state index in [0.29, 0.717) is 23.7 Å². The van der Waals surface area contributed by atoms with Gasteiger partial charge in [-0.1, -0.05) is 103 Å². The first kappa shape index (κ1) is 31.3. The van der Waals surface area contributed by atoms with Crippen LogP contribution in [0.3, 0.4) is 0 Å². The number of H-pyrrole nitrogens is 1. The van der Waals surface area contributed by atoms with Crippen molar-refractivity contribution in [2.75, 3.05) is 19.7 Å². The van der Waals surface area contributed by atoms with E-state index in [2.05, 4.69) is 27.2 Å². The molecule has 0 aromatic carbocycles. The fraction of sp³-hybridized carbons (Fsp3) is 0.828. The molecule has 0 amide bonds. The van der Waals surface area contributed by atoms with Gasteiger partial charge < -0.3 is 20.1 Å². The Morgan fingerprint density at radius 2 is 1.51 bits per heavy atom. The molecular formula is C29H53N5O3. The first-order chi connectivity index (χ1) is 18.1. The van der Waals surface area contributed by atoms with Crippen molar-refractivity contribution < 1.29 is 9.84 Å². The number of hydrogen-bond donors (Lipinski definition) is 3. The lowest BCUT2D eigenvalue weighted by atomic mass is 10.1. The van der Waals surface area contributed by atoms with Crippen LogP contribution in [0.5, 0.6) is 5.88 Å². The highest BCUT2D eigenvalue weighted by Crippen LogP contribution is 2.17. The minimum Gasteiger partial charge on any atom is -0.476 e. The van der Waals surface area contributed by atoms with Gasteiger partial charge in [0.25, 0.3) is 0 Å². The maximum absolute atomic E-state index is 11.9. The number of imidazole rings is 1. The number of unbranched alkanes of at least 4 members (excludes halogenated alkanes) is 15. The van der Waals surface area contributed by atoms with Crippen molar-refractivity contribution in [3.8, 4) is 5.88 Å². The van der Waals surface area contributed by atoms with Crippen LogP contribution in [0.2, 0.25) is 0 Å². The summed E-state index contributed by atoms with van der Waals surface area (Å²) in [7, 11) is 1.65. The van der Waals surface area contributed by atoms with E-state index in [1.807, 2.05) is 0 Å². The topological polar surface area (TPSA) is 105 Å². The standard InChI is InChI=1S/C29H53N5O3/c1-3-4-5-6-7-8-9-12-15-18-21-30-23-25(35)20-17-14-11-10-13-16-19-22-37-28-26-27(32-24-31-26)34(2)29(36)33-28/h24-25,30,35H,3-23H2,1-2H3,(H,31,32). The van der Waals surface area contributed by atoms with Gasteiger partial charge in [0.05, 0.1) is 19.0 Å².